The van der Waals surface area contributed by atoms with E-state index in [2.05, 4.69) is 4.99 Å². The van der Waals surface area contributed by atoms with Crippen molar-refractivity contribution in [3.05, 3.63) is 47.0 Å². The van der Waals surface area contributed by atoms with Crippen molar-refractivity contribution in [3.8, 4) is 5.75 Å². The Hall–Kier alpha value is -1.94. The zero-order chi connectivity index (χ0) is 13.1. The van der Waals surface area contributed by atoms with Crippen molar-refractivity contribution in [2.75, 3.05) is 5.73 Å². The molecule has 0 amide bonds. The Kier molecular flexibility index (Phi) is 3.58. The Balaban J connectivity index is 2.31. The molecule has 3 N–H and O–H groups in total. The van der Waals surface area contributed by atoms with E-state index in [1.165, 1.54) is 12.3 Å². The molecule has 0 aliphatic rings. The predicted octanol–water partition coefficient (Wildman–Crippen LogP) is 2.17. The molecule has 2 aromatic rings. The second kappa shape index (κ2) is 5.15. The second-order valence-electron chi connectivity index (χ2n) is 3.78. The Labute approximate surface area is 111 Å². The quantitative estimate of drug-likeness (QED) is 0.491. The molecule has 0 aliphatic carbocycles. The number of phenolic OH excluding ortho intramolecular Hbond substituents is 1. The number of hydrogen-bond donors (Lipinski definition) is 2. The highest BCUT2D eigenvalue weighted by Crippen LogP contribution is 2.19. The van der Waals surface area contributed by atoms with Crippen molar-refractivity contribution < 1.29 is 5.11 Å². The fourth-order valence-electron chi connectivity index (χ4n) is 1.45. The van der Waals surface area contributed by atoms with Gasteiger partial charge in [-0.25, -0.2) is 0 Å². The summed E-state index contributed by atoms with van der Waals surface area (Å²) in [5, 5.41) is 10.2. The molecule has 0 unspecified atom stereocenters. The van der Waals surface area contributed by atoms with Gasteiger partial charge >= 0.3 is 0 Å². The number of nitrogens with zero attached hydrogens (tertiary/aromatic N) is 1. The van der Waals surface area contributed by atoms with Gasteiger partial charge < -0.3 is 10.8 Å². The molecule has 88 valence electrons. The molecule has 5 heteroatoms. The normalized spacial score (nSPS) is 10.9. The van der Waals surface area contributed by atoms with Gasteiger partial charge in [-0.05, 0) is 36.4 Å². The first-order chi connectivity index (χ1) is 8.56. The van der Waals surface area contributed by atoms with Crippen molar-refractivity contribution in [3.63, 3.8) is 0 Å². The summed E-state index contributed by atoms with van der Waals surface area (Å²) in [5.41, 5.74) is 7.66. The SMILES string of the molecule is [B]c1cc(Cl)cc(C=Nc2ccc(N)cc2)c1O. The third kappa shape index (κ3) is 2.84. The number of aromatic hydroxyl groups is 1. The van der Waals surface area contributed by atoms with E-state index in [1.807, 2.05) is 0 Å². The van der Waals surface area contributed by atoms with Crippen LogP contribution >= 0.6 is 11.6 Å². The highest BCUT2D eigenvalue weighted by atomic mass is 35.5. The highest BCUT2D eigenvalue weighted by Gasteiger charge is 2.03. The lowest BCUT2D eigenvalue weighted by Crippen LogP contribution is -2.04. The molecule has 3 nitrogen and oxygen atoms in total. The number of phenols is 1. The zero-order valence-corrected chi connectivity index (χ0v) is 10.2. The van der Waals surface area contributed by atoms with Crippen LogP contribution in [0, 0.1) is 0 Å². The number of anilines is 1. The van der Waals surface area contributed by atoms with Crippen LogP contribution in [0.1, 0.15) is 5.56 Å². The van der Waals surface area contributed by atoms with Gasteiger partial charge in [0, 0.05) is 22.5 Å². The maximum atomic E-state index is 9.75. The molecule has 0 aromatic heterocycles. The van der Waals surface area contributed by atoms with Crippen molar-refractivity contribution in [1.82, 2.24) is 0 Å². The Morgan fingerprint density at radius 2 is 1.89 bits per heavy atom. The molecule has 0 fully saturated rings. The maximum Gasteiger partial charge on any atom is 0.119 e. The lowest BCUT2D eigenvalue weighted by atomic mass is 9.93. The predicted molar refractivity (Wildman–Crippen MR) is 76.6 cm³/mol. The van der Waals surface area contributed by atoms with E-state index >= 15 is 0 Å². The fourth-order valence-corrected chi connectivity index (χ4v) is 1.68. The molecule has 0 spiro atoms. The number of nitrogens with two attached hydrogens (primary N) is 1. The van der Waals surface area contributed by atoms with E-state index in [1.54, 1.807) is 30.3 Å². The van der Waals surface area contributed by atoms with E-state index in [-0.39, 0.29) is 11.2 Å². The van der Waals surface area contributed by atoms with Crippen LogP contribution in [-0.4, -0.2) is 19.2 Å². The van der Waals surface area contributed by atoms with Crippen LogP contribution in [0.25, 0.3) is 0 Å². The van der Waals surface area contributed by atoms with Gasteiger partial charge in [0.2, 0.25) is 0 Å². The van der Waals surface area contributed by atoms with Crippen LogP contribution in [0.3, 0.4) is 0 Å². The van der Waals surface area contributed by atoms with Crippen LogP contribution in [0.5, 0.6) is 5.75 Å². The van der Waals surface area contributed by atoms with Gasteiger partial charge in [0.15, 0.2) is 0 Å². The largest absolute Gasteiger partial charge is 0.508 e. The number of rotatable bonds is 2. The molecular formula is C13H10BClN2O. The Morgan fingerprint density at radius 3 is 2.56 bits per heavy atom. The van der Waals surface area contributed by atoms with Gasteiger partial charge in [-0.2, -0.15) is 0 Å². The first-order valence-corrected chi connectivity index (χ1v) is 5.61. The lowest BCUT2D eigenvalue weighted by molar-refractivity contribution is 0.479. The third-order valence-corrected chi connectivity index (χ3v) is 2.60. The molecule has 0 bridgehead atoms. The summed E-state index contributed by atoms with van der Waals surface area (Å²) in [4.78, 5) is 4.21. The molecule has 0 heterocycles. The number of aliphatic imine (C=N–C) groups is 1. The number of nitrogen functional groups attached to an aromatic ring is 1. The minimum Gasteiger partial charge on any atom is -0.508 e. The summed E-state index contributed by atoms with van der Waals surface area (Å²) in [6.45, 7) is 0. The minimum atomic E-state index is -0.0291. The summed E-state index contributed by atoms with van der Waals surface area (Å²) in [6, 6.07) is 10.1. The molecule has 2 aromatic carbocycles. The van der Waals surface area contributed by atoms with Crippen molar-refractivity contribution >= 4 is 42.5 Å². The van der Waals surface area contributed by atoms with E-state index in [0.29, 0.717) is 16.3 Å². The molecule has 0 aliphatic heterocycles. The lowest BCUT2D eigenvalue weighted by Gasteiger charge is -2.04. The number of hydrogen-bond acceptors (Lipinski definition) is 3. The van der Waals surface area contributed by atoms with Crippen LogP contribution in [-0.2, 0) is 0 Å². The second-order valence-corrected chi connectivity index (χ2v) is 4.22. The third-order valence-electron chi connectivity index (χ3n) is 2.38. The van der Waals surface area contributed by atoms with Crippen molar-refractivity contribution in [1.29, 1.82) is 0 Å². The maximum absolute atomic E-state index is 9.75. The van der Waals surface area contributed by atoms with Gasteiger partial charge in [-0.15, -0.1) is 0 Å². The Morgan fingerprint density at radius 1 is 1.22 bits per heavy atom. The molecule has 0 saturated carbocycles. The van der Waals surface area contributed by atoms with Gasteiger partial charge in [-0.1, -0.05) is 17.1 Å². The summed E-state index contributed by atoms with van der Waals surface area (Å²) in [5.74, 6) is -0.0291. The first-order valence-electron chi connectivity index (χ1n) is 5.24. The van der Waals surface area contributed by atoms with E-state index < -0.39 is 0 Å². The molecule has 18 heavy (non-hydrogen) atoms. The summed E-state index contributed by atoms with van der Waals surface area (Å²) in [6.07, 6.45) is 1.50. The molecule has 0 saturated heterocycles. The summed E-state index contributed by atoms with van der Waals surface area (Å²) >= 11 is 5.86. The van der Waals surface area contributed by atoms with E-state index in [0.717, 1.165) is 5.69 Å². The first kappa shape index (κ1) is 12.5. The molecular weight excluding hydrogens is 246 g/mol. The highest BCUT2D eigenvalue weighted by molar-refractivity contribution is 6.38. The summed E-state index contributed by atoms with van der Waals surface area (Å²) in [7, 11) is 5.60. The van der Waals surface area contributed by atoms with Crippen LogP contribution in [0.4, 0.5) is 11.4 Å². The average molecular weight is 257 g/mol. The minimum absolute atomic E-state index is 0.0291. The van der Waals surface area contributed by atoms with Gasteiger partial charge in [0.1, 0.15) is 13.6 Å². The summed E-state index contributed by atoms with van der Waals surface area (Å²) < 4.78 is 0. The van der Waals surface area contributed by atoms with Crippen LogP contribution < -0.4 is 11.2 Å². The standard InChI is InChI=1S/C13H10BClN2O/c14-12-6-9(15)5-8(13(12)18)7-17-11-3-1-10(16)2-4-11/h1-7,18H,16H2. The monoisotopic (exact) mass is 256 g/mol. The number of halogens is 1. The molecule has 0 atom stereocenters. The van der Waals surface area contributed by atoms with Crippen molar-refractivity contribution in [2.24, 2.45) is 4.99 Å². The Bertz CT molecular complexity index is 597. The van der Waals surface area contributed by atoms with Crippen molar-refractivity contribution in [2.45, 2.75) is 0 Å². The van der Waals surface area contributed by atoms with E-state index in [9.17, 15) is 5.11 Å². The topological polar surface area (TPSA) is 58.6 Å². The van der Waals surface area contributed by atoms with Crippen LogP contribution in [0.2, 0.25) is 5.02 Å². The fraction of sp³-hybridized carbons (Fsp3) is 0. The van der Waals surface area contributed by atoms with Crippen LogP contribution in [0.15, 0.2) is 41.4 Å². The van der Waals surface area contributed by atoms with E-state index in [4.69, 9.17) is 25.2 Å². The number of benzene rings is 2. The van der Waals surface area contributed by atoms with Gasteiger partial charge in [0.25, 0.3) is 0 Å². The van der Waals surface area contributed by atoms with Gasteiger partial charge in [-0.3, -0.25) is 4.99 Å². The average Bonchev–Trinajstić information content (AvgIpc) is 2.34. The van der Waals surface area contributed by atoms with Gasteiger partial charge in [0.05, 0.1) is 5.69 Å². The zero-order valence-electron chi connectivity index (χ0n) is 9.47. The molecule has 2 radical (unpaired) electrons. The molecule has 2 rings (SSSR count). The smallest absolute Gasteiger partial charge is 0.119 e.